The van der Waals surface area contributed by atoms with Gasteiger partial charge in [-0.3, -0.25) is 15.2 Å². The second-order valence-electron chi connectivity index (χ2n) is 9.53. The van der Waals surface area contributed by atoms with Crippen LogP contribution in [0, 0.1) is 0 Å². The molecule has 2 atom stereocenters. The number of halogens is 3. The lowest BCUT2D eigenvalue weighted by Gasteiger charge is -2.23. The molecule has 1 N–H and O–H groups in total. The molecule has 0 radical (unpaired) electrons. The van der Waals surface area contributed by atoms with Crippen molar-refractivity contribution in [2.24, 2.45) is 5.10 Å². The van der Waals surface area contributed by atoms with Crippen molar-refractivity contribution in [1.82, 2.24) is 15.4 Å². The number of hydrazone groups is 1. The minimum Gasteiger partial charge on any atom is -0.464 e. The number of nitrogens with zero attached hydrogens (tertiary/aromatic N) is 5. The second kappa shape index (κ2) is 17.2. The number of nitrogens with one attached hydrogen (secondary N) is 1. The summed E-state index contributed by atoms with van der Waals surface area (Å²) < 4.78 is 11.2. The van der Waals surface area contributed by atoms with Crippen molar-refractivity contribution < 1.29 is 23.9 Å². The van der Waals surface area contributed by atoms with Crippen LogP contribution in [-0.2, 0) is 23.9 Å². The summed E-state index contributed by atoms with van der Waals surface area (Å²) in [7, 11) is 0. The number of esters is 2. The third kappa shape index (κ3) is 9.53. The molecule has 0 saturated carbocycles. The smallest absolute Gasteiger partial charge is 0.331 e. The number of amides is 1. The fourth-order valence-corrected chi connectivity index (χ4v) is 5.01. The molecule has 2 aliphatic rings. The number of anilines is 2. The van der Waals surface area contributed by atoms with E-state index in [2.05, 4.69) is 50.3 Å². The summed E-state index contributed by atoms with van der Waals surface area (Å²) >= 11 is 15.5. The van der Waals surface area contributed by atoms with E-state index in [1.807, 2.05) is 0 Å². The number of rotatable bonds is 12. The van der Waals surface area contributed by atoms with Crippen LogP contribution in [0.3, 0.4) is 0 Å². The number of carbonyl (C=O) groups excluding carboxylic acids is 3. The van der Waals surface area contributed by atoms with Gasteiger partial charge in [0, 0.05) is 18.8 Å². The third-order valence-corrected chi connectivity index (χ3v) is 7.33. The Morgan fingerprint density at radius 2 is 1.45 bits per heavy atom. The van der Waals surface area contributed by atoms with E-state index in [0.29, 0.717) is 45.9 Å². The Morgan fingerprint density at radius 3 is 2.00 bits per heavy atom. The highest BCUT2D eigenvalue weighted by Gasteiger charge is 2.39. The van der Waals surface area contributed by atoms with E-state index in [0.717, 1.165) is 38.5 Å². The van der Waals surface area contributed by atoms with Gasteiger partial charge in [0.2, 0.25) is 5.91 Å². The number of ether oxygens (including phenoxy) is 2. The van der Waals surface area contributed by atoms with Gasteiger partial charge in [0.15, 0.2) is 23.7 Å². The fourth-order valence-electron chi connectivity index (χ4n) is 4.11. The molecule has 11 nitrogen and oxygen atoms in total. The highest BCUT2D eigenvalue weighted by Crippen LogP contribution is 2.31. The molecule has 0 aliphatic carbocycles. The SMILES string of the molecule is CCCCCOC(=O)C1CC(=O)NN1c1ncccc1Cl.CCCCCOC(=O)C1CC(Br)=NN1c1ncccc1Cl. The molecule has 1 amide bonds. The van der Waals surface area contributed by atoms with Crippen LogP contribution in [0.4, 0.5) is 11.6 Å². The molecule has 42 heavy (non-hydrogen) atoms. The first kappa shape index (κ1) is 33.5. The van der Waals surface area contributed by atoms with Crippen LogP contribution in [0.15, 0.2) is 41.8 Å². The van der Waals surface area contributed by atoms with Crippen molar-refractivity contribution in [3.8, 4) is 0 Å². The Bertz CT molecular complexity index is 1250. The molecule has 2 aliphatic heterocycles. The van der Waals surface area contributed by atoms with Gasteiger partial charge in [-0.1, -0.05) is 62.7 Å². The van der Waals surface area contributed by atoms with Gasteiger partial charge in [-0.2, -0.15) is 5.10 Å². The van der Waals surface area contributed by atoms with Crippen LogP contribution < -0.4 is 15.4 Å². The monoisotopic (exact) mass is 684 g/mol. The van der Waals surface area contributed by atoms with Crippen molar-refractivity contribution in [2.75, 3.05) is 23.2 Å². The number of hydrogen-bond acceptors (Lipinski definition) is 10. The van der Waals surface area contributed by atoms with Crippen LogP contribution in [0.1, 0.15) is 65.2 Å². The topological polar surface area (TPSA) is 126 Å². The molecular formula is C28H35BrCl2N6O5. The van der Waals surface area contributed by atoms with Crippen LogP contribution in [0.25, 0.3) is 0 Å². The maximum absolute atomic E-state index is 12.2. The predicted octanol–water partition coefficient (Wildman–Crippen LogP) is 5.83. The Labute approximate surface area is 264 Å². The maximum Gasteiger partial charge on any atom is 0.331 e. The molecule has 14 heteroatoms. The first-order valence-electron chi connectivity index (χ1n) is 13.9. The summed E-state index contributed by atoms with van der Waals surface area (Å²) in [6.45, 7) is 4.98. The summed E-state index contributed by atoms with van der Waals surface area (Å²) in [5.41, 5.74) is 2.59. The van der Waals surface area contributed by atoms with Gasteiger partial charge < -0.3 is 9.47 Å². The highest BCUT2D eigenvalue weighted by molar-refractivity contribution is 9.18. The van der Waals surface area contributed by atoms with Crippen molar-refractivity contribution in [1.29, 1.82) is 0 Å². The summed E-state index contributed by atoms with van der Waals surface area (Å²) in [4.78, 5) is 44.2. The standard InChI is InChI=1S/C14H17BrClN3O2.C14H18ClN3O3/c1-2-3-4-8-21-14(20)11-9-12(15)18-19(11)13-10(16)6-5-7-17-13;1-2-3-4-8-21-14(20)11-9-12(19)17-18(11)13-10(15)6-5-7-16-13/h5-7,11H,2-4,8-9H2,1H3;5-7,11H,2-4,8-9H2,1H3,(H,17,19). The second-order valence-corrected chi connectivity index (χ2v) is 11.3. The largest absolute Gasteiger partial charge is 0.464 e. The zero-order valence-electron chi connectivity index (χ0n) is 23.6. The number of pyridine rings is 2. The van der Waals surface area contributed by atoms with Gasteiger partial charge in [-0.25, -0.2) is 24.6 Å². The number of hydrazine groups is 1. The normalized spacial score (nSPS) is 17.7. The molecule has 0 aromatic carbocycles. The van der Waals surface area contributed by atoms with Crippen molar-refractivity contribution in [3.05, 3.63) is 46.7 Å². The van der Waals surface area contributed by atoms with Crippen LogP contribution in [0.5, 0.6) is 0 Å². The van der Waals surface area contributed by atoms with E-state index >= 15 is 0 Å². The molecule has 2 aromatic rings. The van der Waals surface area contributed by atoms with E-state index < -0.39 is 18.1 Å². The Kier molecular flexibility index (Phi) is 13.8. The molecule has 0 spiro atoms. The third-order valence-electron chi connectivity index (χ3n) is 6.26. The lowest BCUT2D eigenvalue weighted by Crippen LogP contribution is -2.44. The van der Waals surface area contributed by atoms with Gasteiger partial charge in [0.1, 0.15) is 4.62 Å². The highest BCUT2D eigenvalue weighted by atomic mass is 79.9. The molecule has 1 fully saturated rings. The van der Waals surface area contributed by atoms with Crippen molar-refractivity contribution >= 4 is 73.2 Å². The molecular weight excluding hydrogens is 651 g/mol. The fraction of sp³-hybridized carbons (Fsp3) is 0.500. The molecule has 2 aromatic heterocycles. The van der Waals surface area contributed by atoms with E-state index in [9.17, 15) is 14.4 Å². The average molecular weight is 686 g/mol. The molecule has 1 saturated heterocycles. The summed E-state index contributed by atoms with van der Waals surface area (Å²) in [5, 5.41) is 8.00. The summed E-state index contributed by atoms with van der Waals surface area (Å²) in [6, 6.07) is 5.54. The summed E-state index contributed by atoms with van der Waals surface area (Å²) in [5.74, 6) is -0.186. The van der Waals surface area contributed by atoms with Crippen LogP contribution in [-0.4, -0.2) is 57.7 Å². The predicted molar refractivity (Wildman–Crippen MR) is 166 cm³/mol. The molecule has 2 unspecified atom stereocenters. The zero-order valence-corrected chi connectivity index (χ0v) is 26.7. The van der Waals surface area contributed by atoms with Gasteiger partial charge in [-0.15, -0.1) is 0 Å². The Hall–Kier alpha value is -2.96. The quantitative estimate of drug-likeness (QED) is 0.217. The van der Waals surface area contributed by atoms with E-state index in [-0.39, 0.29) is 18.3 Å². The lowest BCUT2D eigenvalue weighted by atomic mass is 10.2. The van der Waals surface area contributed by atoms with Gasteiger partial charge in [-0.05, 0) is 53.0 Å². The molecule has 4 heterocycles. The first-order chi connectivity index (χ1) is 20.3. The number of aromatic nitrogens is 2. The Morgan fingerprint density at radius 1 is 0.905 bits per heavy atom. The van der Waals surface area contributed by atoms with Gasteiger partial charge in [0.25, 0.3) is 0 Å². The summed E-state index contributed by atoms with van der Waals surface area (Å²) in [6.07, 6.45) is 9.56. The number of carbonyl (C=O) groups is 3. The van der Waals surface area contributed by atoms with E-state index in [4.69, 9.17) is 32.7 Å². The number of hydrogen-bond donors (Lipinski definition) is 1. The van der Waals surface area contributed by atoms with Gasteiger partial charge in [0.05, 0.1) is 29.7 Å². The molecule has 0 bridgehead atoms. The average Bonchev–Trinajstić information content (AvgIpc) is 3.56. The van der Waals surface area contributed by atoms with Gasteiger partial charge >= 0.3 is 11.9 Å². The lowest BCUT2D eigenvalue weighted by molar-refractivity contribution is -0.146. The van der Waals surface area contributed by atoms with Crippen LogP contribution in [0.2, 0.25) is 10.0 Å². The van der Waals surface area contributed by atoms with Crippen molar-refractivity contribution in [2.45, 2.75) is 77.3 Å². The molecule has 228 valence electrons. The van der Waals surface area contributed by atoms with Crippen LogP contribution >= 0.6 is 39.1 Å². The van der Waals surface area contributed by atoms with Crippen molar-refractivity contribution in [3.63, 3.8) is 0 Å². The zero-order chi connectivity index (χ0) is 30.5. The Balaban J connectivity index is 0.000000230. The maximum atomic E-state index is 12.2. The molecule has 4 rings (SSSR count). The van der Waals surface area contributed by atoms with E-state index in [1.54, 1.807) is 36.7 Å². The first-order valence-corrected chi connectivity index (χ1v) is 15.5. The van der Waals surface area contributed by atoms with E-state index in [1.165, 1.54) is 10.0 Å². The minimum absolute atomic E-state index is 0.0412. The number of unbranched alkanes of at least 4 members (excludes halogenated alkanes) is 4. The minimum atomic E-state index is -0.730.